The van der Waals surface area contributed by atoms with Crippen LogP contribution in [0.1, 0.15) is 24.3 Å². The van der Waals surface area contributed by atoms with E-state index in [0.717, 1.165) is 20.4 Å². The fourth-order valence-corrected chi connectivity index (χ4v) is 5.11. The van der Waals surface area contributed by atoms with E-state index in [-0.39, 0.29) is 5.78 Å². The molecule has 3 heterocycles. The van der Waals surface area contributed by atoms with E-state index < -0.39 is 22.3 Å². The lowest BCUT2D eigenvalue weighted by Crippen LogP contribution is -2.54. The summed E-state index contributed by atoms with van der Waals surface area (Å²) in [6.45, 7) is 1.43. The minimum absolute atomic E-state index is 0.147. The first-order valence-corrected chi connectivity index (χ1v) is 9.42. The number of hydrogen-bond acceptors (Lipinski definition) is 5. The van der Waals surface area contributed by atoms with Gasteiger partial charge in [-0.25, -0.2) is 4.98 Å². The number of hydrogen-bond donors (Lipinski definition) is 1. The monoisotopic (exact) mass is 354 g/mol. The zero-order valence-electron chi connectivity index (χ0n) is 13.1. The molecule has 0 bridgehead atoms. The number of ketones is 1. The number of imidazole rings is 1. The lowest BCUT2D eigenvalue weighted by atomic mass is 10.0. The summed E-state index contributed by atoms with van der Waals surface area (Å²) in [6, 6.07) is 0.933. The highest BCUT2D eigenvalue weighted by molar-refractivity contribution is 7.87. The maximum Gasteiger partial charge on any atom is 0.280 e. The van der Waals surface area contributed by atoms with Gasteiger partial charge in [0.05, 0.1) is 30.3 Å². The van der Waals surface area contributed by atoms with Crippen molar-refractivity contribution in [1.29, 1.82) is 0 Å². The number of thiophene rings is 1. The van der Waals surface area contributed by atoms with E-state index in [1.165, 1.54) is 25.3 Å². The number of likely N-dealkylation sites (N-methyl/N-ethyl adjacent to an activating group) is 1. The van der Waals surface area contributed by atoms with Gasteiger partial charge < -0.3 is 4.57 Å². The number of carbonyl (C=O) groups excluding carboxylic acids is 1. The summed E-state index contributed by atoms with van der Waals surface area (Å²) in [4.78, 5) is 16.8. The van der Waals surface area contributed by atoms with Crippen LogP contribution in [0.4, 0.5) is 0 Å². The van der Waals surface area contributed by atoms with Crippen LogP contribution in [-0.2, 0) is 22.1 Å². The first-order chi connectivity index (χ1) is 10.8. The second-order valence-electron chi connectivity index (χ2n) is 5.68. The van der Waals surface area contributed by atoms with Gasteiger partial charge >= 0.3 is 0 Å². The predicted molar refractivity (Wildman–Crippen MR) is 88.2 cm³/mol. The van der Waals surface area contributed by atoms with Crippen molar-refractivity contribution < 1.29 is 13.2 Å². The summed E-state index contributed by atoms with van der Waals surface area (Å²) >= 11 is 1.48. The normalized spacial score (nSPS) is 24.7. The third-order valence-corrected chi connectivity index (χ3v) is 6.75. The van der Waals surface area contributed by atoms with Crippen LogP contribution in [-0.4, -0.2) is 41.1 Å². The third kappa shape index (κ3) is 2.97. The summed E-state index contributed by atoms with van der Waals surface area (Å²) in [5.41, 5.74) is 1.95. The van der Waals surface area contributed by atoms with Crippen molar-refractivity contribution in [1.82, 2.24) is 18.6 Å². The number of nitrogens with one attached hydrogen (secondary N) is 1. The second-order valence-corrected chi connectivity index (χ2v) is 8.39. The molecule has 0 unspecified atom stereocenters. The van der Waals surface area contributed by atoms with Gasteiger partial charge in [0.1, 0.15) is 5.78 Å². The van der Waals surface area contributed by atoms with Crippen molar-refractivity contribution in [2.45, 2.75) is 25.4 Å². The van der Waals surface area contributed by atoms with Crippen molar-refractivity contribution in [3.63, 3.8) is 0 Å². The summed E-state index contributed by atoms with van der Waals surface area (Å²) < 4.78 is 30.1. The lowest BCUT2D eigenvalue weighted by Gasteiger charge is -2.35. The first-order valence-electron chi connectivity index (χ1n) is 7.10. The summed E-state index contributed by atoms with van der Waals surface area (Å²) in [5.74, 6) is -0.147. The number of aryl methyl sites for hydroxylation is 1. The molecule has 0 radical (unpaired) electrons. The van der Waals surface area contributed by atoms with Crippen molar-refractivity contribution in [3.8, 4) is 11.3 Å². The van der Waals surface area contributed by atoms with E-state index in [1.54, 1.807) is 12.5 Å². The fraction of sp³-hybridized carbons (Fsp3) is 0.429. The first kappa shape index (κ1) is 16.3. The zero-order chi connectivity index (χ0) is 16.8. The molecule has 0 saturated carbocycles. The topological polar surface area (TPSA) is 84.3 Å². The molecule has 1 aliphatic heterocycles. The van der Waals surface area contributed by atoms with Gasteiger partial charge in [0.15, 0.2) is 0 Å². The van der Waals surface area contributed by atoms with Gasteiger partial charge in [-0.2, -0.15) is 17.4 Å². The summed E-state index contributed by atoms with van der Waals surface area (Å²) in [7, 11) is -0.317. The Morgan fingerprint density at radius 2 is 2.17 bits per heavy atom. The Kier molecular flexibility index (Phi) is 4.13. The summed E-state index contributed by atoms with van der Waals surface area (Å²) in [5, 5.41) is 1.97. The molecule has 0 amide bonds. The fourth-order valence-electron chi connectivity index (χ4n) is 2.75. The van der Waals surface area contributed by atoms with E-state index in [1.807, 2.05) is 23.1 Å². The van der Waals surface area contributed by atoms with Crippen molar-refractivity contribution >= 4 is 27.3 Å². The van der Waals surface area contributed by atoms with Crippen molar-refractivity contribution in [2.75, 3.05) is 7.05 Å². The van der Waals surface area contributed by atoms with Crippen molar-refractivity contribution in [3.05, 3.63) is 28.8 Å². The number of nitrogens with zero attached hydrogens (tertiary/aromatic N) is 3. The van der Waals surface area contributed by atoms with Crippen LogP contribution in [0, 0.1) is 0 Å². The molecule has 2 aromatic rings. The average Bonchev–Trinajstić information content (AvgIpc) is 3.09. The Labute approximate surface area is 139 Å². The quantitative estimate of drug-likeness (QED) is 0.901. The summed E-state index contributed by atoms with van der Waals surface area (Å²) in [6.07, 6.45) is 3.91. The van der Waals surface area contributed by atoms with Crippen LogP contribution in [0.2, 0.25) is 0 Å². The number of carbonyl (C=O) groups is 1. The van der Waals surface area contributed by atoms with Gasteiger partial charge in [-0.15, -0.1) is 11.3 Å². The second kappa shape index (κ2) is 5.82. The standard InChI is InChI=1S/C14H18N4O3S2/c1-9(19)12-5-11(16-23(20,21)18(12)3)14-4-10(7-22-14)13-6-15-8-17(13)2/h4,6-8,11-12,16H,5H2,1-3H3/t11-,12+/m1/s1. The van der Waals surface area contributed by atoms with Crippen molar-refractivity contribution in [2.24, 2.45) is 7.05 Å². The molecule has 7 nitrogen and oxygen atoms in total. The largest absolute Gasteiger partial charge is 0.334 e. The molecule has 1 fully saturated rings. The zero-order valence-corrected chi connectivity index (χ0v) is 14.7. The lowest BCUT2D eigenvalue weighted by molar-refractivity contribution is -0.121. The highest BCUT2D eigenvalue weighted by Crippen LogP contribution is 2.34. The smallest absolute Gasteiger partial charge is 0.280 e. The molecular weight excluding hydrogens is 336 g/mol. The Hall–Kier alpha value is -1.55. The van der Waals surface area contributed by atoms with Crippen LogP contribution in [0.15, 0.2) is 24.0 Å². The van der Waals surface area contributed by atoms with Crippen LogP contribution >= 0.6 is 11.3 Å². The molecule has 0 spiro atoms. The molecule has 23 heavy (non-hydrogen) atoms. The number of rotatable bonds is 3. The minimum Gasteiger partial charge on any atom is -0.334 e. The number of aromatic nitrogens is 2. The Morgan fingerprint density at radius 1 is 1.43 bits per heavy atom. The van der Waals surface area contributed by atoms with Crippen LogP contribution in [0.3, 0.4) is 0 Å². The van der Waals surface area contributed by atoms with E-state index in [4.69, 9.17) is 0 Å². The molecule has 0 aromatic carbocycles. The maximum atomic E-state index is 12.2. The molecule has 0 aliphatic carbocycles. The molecule has 3 rings (SSSR count). The van der Waals surface area contributed by atoms with E-state index in [9.17, 15) is 13.2 Å². The molecule has 1 saturated heterocycles. The Bertz CT molecular complexity index is 840. The SMILES string of the molecule is CC(=O)[C@@H]1C[C@H](c2cc(-c3cncn3C)cs2)NS(=O)(=O)N1C. The highest BCUT2D eigenvalue weighted by Gasteiger charge is 2.39. The maximum absolute atomic E-state index is 12.2. The molecule has 2 atom stereocenters. The van der Waals surface area contributed by atoms with Gasteiger partial charge in [0, 0.05) is 29.9 Å². The average molecular weight is 354 g/mol. The van der Waals surface area contributed by atoms with Gasteiger partial charge in [-0.05, 0) is 19.4 Å². The molecule has 2 aromatic heterocycles. The Balaban J connectivity index is 1.92. The van der Waals surface area contributed by atoms with E-state index in [2.05, 4.69) is 9.71 Å². The van der Waals surface area contributed by atoms with Crippen LogP contribution in [0.25, 0.3) is 11.3 Å². The predicted octanol–water partition coefficient (Wildman–Crippen LogP) is 1.32. The third-order valence-electron chi connectivity index (χ3n) is 4.11. The van der Waals surface area contributed by atoms with Crippen LogP contribution < -0.4 is 4.72 Å². The molecular formula is C14H18N4O3S2. The molecule has 1 N–H and O–H groups in total. The van der Waals surface area contributed by atoms with Gasteiger partial charge in [0.2, 0.25) is 0 Å². The minimum atomic E-state index is -3.65. The van der Waals surface area contributed by atoms with Crippen LogP contribution in [0.5, 0.6) is 0 Å². The molecule has 9 heteroatoms. The van der Waals surface area contributed by atoms with Gasteiger partial charge in [-0.1, -0.05) is 0 Å². The Morgan fingerprint density at radius 3 is 2.78 bits per heavy atom. The van der Waals surface area contributed by atoms with Gasteiger partial charge in [-0.3, -0.25) is 4.79 Å². The van der Waals surface area contributed by atoms with E-state index in [0.29, 0.717) is 6.42 Å². The highest BCUT2D eigenvalue weighted by atomic mass is 32.2. The number of Topliss-reactive ketones (excluding diaryl/α,β-unsaturated/α-hetero) is 1. The van der Waals surface area contributed by atoms with Gasteiger partial charge in [0.25, 0.3) is 10.2 Å². The molecule has 124 valence electrons. The molecule has 1 aliphatic rings. The van der Waals surface area contributed by atoms with E-state index >= 15 is 0 Å².